The number of nitrogens with zero attached hydrogens (tertiary/aromatic N) is 1. The van der Waals surface area contributed by atoms with Crippen LogP contribution in [0.2, 0.25) is 0 Å². The molecule has 2 nitrogen and oxygen atoms in total. The van der Waals surface area contributed by atoms with E-state index >= 15 is 0 Å². The fraction of sp³-hybridized carbons (Fsp3) is 0.556. The van der Waals surface area contributed by atoms with Gasteiger partial charge in [0.05, 0.1) is 0 Å². The second-order valence-electron chi connectivity index (χ2n) is 6.00. The summed E-state index contributed by atoms with van der Waals surface area (Å²) >= 11 is 0. The summed E-state index contributed by atoms with van der Waals surface area (Å²) in [5.41, 5.74) is 8.61. The van der Waals surface area contributed by atoms with E-state index in [-0.39, 0.29) is 6.04 Å². The Morgan fingerprint density at radius 1 is 1.10 bits per heavy atom. The molecule has 0 spiro atoms. The highest BCUT2D eigenvalue weighted by Gasteiger charge is 2.04. The Bertz CT molecular complexity index is 525. The Morgan fingerprint density at radius 3 is 2.65 bits per heavy atom. The van der Waals surface area contributed by atoms with Crippen LogP contribution >= 0.6 is 0 Å². The molecule has 2 aromatic rings. The number of rotatable bonds is 8. The zero-order valence-corrected chi connectivity index (χ0v) is 12.9. The van der Waals surface area contributed by atoms with Crippen LogP contribution in [0, 0.1) is 0 Å². The zero-order valence-electron chi connectivity index (χ0n) is 12.9. The second-order valence-corrected chi connectivity index (χ2v) is 6.00. The summed E-state index contributed by atoms with van der Waals surface area (Å²) in [5.74, 6) is 0. The first-order valence-corrected chi connectivity index (χ1v) is 8.04. The van der Waals surface area contributed by atoms with Gasteiger partial charge in [0.1, 0.15) is 0 Å². The third-order valence-electron chi connectivity index (χ3n) is 3.90. The van der Waals surface area contributed by atoms with Crippen molar-refractivity contribution in [3.63, 3.8) is 0 Å². The fourth-order valence-electron chi connectivity index (χ4n) is 2.81. The Hall–Kier alpha value is -1.28. The summed E-state index contributed by atoms with van der Waals surface area (Å²) in [7, 11) is 0. The highest BCUT2D eigenvalue weighted by molar-refractivity contribution is 5.80. The molecular weight excluding hydrogens is 244 g/mol. The van der Waals surface area contributed by atoms with Gasteiger partial charge in [-0.1, -0.05) is 44.7 Å². The van der Waals surface area contributed by atoms with Crippen molar-refractivity contribution in [2.75, 3.05) is 0 Å². The smallest absolute Gasteiger partial charge is 0.0483 e. The number of hydrogen-bond acceptors (Lipinski definition) is 1. The zero-order chi connectivity index (χ0) is 14.4. The molecule has 0 radical (unpaired) electrons. The maximum absolute atomic E-state index is 5.90. The number of hydrogen-bond donors (Lipinski definition) is 1. The molecule has 0 saturated carbocycles. The molecule has 0 aliphatic heterocycles. The summed E-state index contributed by atoms with van der Waals surface area (Å²) in [6.07, 6.45) is 9.84. The summed E-state index contributed by atoms with van der Waals surface area (Å²) in [6.45, 7) is 5.46. The third-order valence-corrected chi connectivity index (χ3v) is 3.90. The molecule has 0 amide bonds. The number of fused-ring (bicyclic) bond motifs is 1. The van der Waals surface area contributed by atoms with Gasteiger partial charge in [0, 0.05) is 24.3 Å². The van der Waals surface area contributed by atoms with Crippen molar-refractivity contribution in [3.8, 4) is 0 Å². The minimum absolute atomic E-state index is 0.227. The molecule has 1 unspecified atom stereocenters. The van der Waals surface area contributed by atoms with E-state index in [4.69, 9.17) is 5.73 Å². The molecule has 2 heteroatoms. The van der Waals surface area contributed by atoms with Gasteiger partial charge in [-0.05, 0) is 42.8 Å². The van der Waals surface area contributed by atoms with Crippen molar-refractivity contribution in [3.05, 3.63) is 36.0 Å². The highest BCUT2D eigenvalue weighted by Crippen LogP contribution is 2.19. The first-order valence-electron chi connectivity index (χ1n) is 8.04. The highest BCUT2D eigenvalue weighted by atomic mass is 14.9. The second kappa shape index (κ2) is 7.49. The minimum Gasteiger partial charge on any atom is -0.347 e. The van der Waals surface area contributed by atoms with Gasteiger partial charge < -0.3 is 10.3 Å². The van der Waals surface area contributed by atoms with E-state index in [0.717, 1.165) is 13.0 Å². The number of nitrogens with two attached hydrogens (primary N) is 1. The molecule has 1 heterocycles. The molecule has 20 heavy (non-hydrogen) atoms. The topological polar surface area (TPSA) is 30.9 Å². The van der Waals surface area contributed by atoms with Gasteiger partial charge in [0.25, 0.3) is 0 Å². The van der Waals surface area contributed by atoms with Crippen molar-refractivity contribution < 1.29 is 0 Å². The van der Waals surface area contributed by atoms with Gasteiger partial charge in [-0.2, -0.15) is 0 Å². The Kier molecular flexibility index (Phi) is 5.66. The van der Waals surface area contributed by atoms with Gasteiger partial charge in [-0.25, -0.2) is 0 Å². The van der Waals surface area contributed by atoms with E-state index in [0.29, 0.717) is 0 Å². The Morgan fingerprint density at radius 2 is 1.90 bits per heavy atom. The molecule has 2 rings (SSSR count). The maximum Gasteiger partial charge on any atom is 0.0483 e. The van der Waals surface area contributed by atoms with Crippen LogP contribution in [0.5, 0.6) is 0 Å². The lowest BCUT2D eigenvalue weighted by molar-refractivity contribution is 0.577. The van der Waals surface area contributed by atoms with E-state index in [1.54, 1.807) is 0 Å². The Labute approximate surface area is 123 Å². The summed E-state index contributed by atoms with van der Waals surface area (Å²) in [6, 6.07) is 9.18. The number of aromatic nitrogens is 1. The van der Waals surface area contributed by atoms with E-state index in [9.17, 15) is 0 Å². The van der Waals surface area contributed by atoms with Crippen LogP contribution in [0.1, 0.15) is 51.5 Å². The van der Waals surface area contributed by atoms with E-state index < -0.39 is 0 Å². The lowest BCUT2D eigenvalue weighted by atomic mass is 10.1. The van der Waals surface area contributed by atoms with Gasteiger partial charge in [0.2, 0.25) is 0 Å². The first-order chi connectivity index (χ1) is 9.70. The van der Waals surface area contributed by atoms with Crippen LogP contribution in [-0.4, -0.2) is 10.6 Å². The molecule has 1 aromatic carbocycles. The summed E-state index contributed by atoms with van der Waals surface area (Å²) < 4.78 is 2.39. The van der Waals surface area contributed by atoms with Gasteiger partial charge >= 0.3 is 0 Å². The third kappa shape index (κ3) is 4.11. The average molecular weight is 272 g/mol. The van der Waals surface area contributed by atoms with Crippen molar-refractivity contribution in [2.24, 2.45) is 5.73 Å². The van der Waals surface area contributed by atoms with Crippen molar-refractivity contribution >= 4 is 10.9 Å². The van der Waals surface area contributed by atoms with Crippen LogP contribution < -0.4 is 5.73 Å². The molecule has 0 aliphatic rings. The van der Waals surface area contributed by atoms with Crippen LogP contribution in [0.15, 0.2) is 30.5 Å². The number of benzene rings is 1. The molecule has 0 bridgehead atoms. The van der Waals surface area contributed by atoms with Crippen LogP contribution in [0.3, 0.4) is 0 Å². The molecule has 110 valence electrons. The van der Waals surface area contributed by atoms with Crippen molar-refractivity contribution in [1.29, 1.82) is 0 Å². The van der Waals surface area contributed by atoms with Crippen LogP contribution in [0.4, 0.5) is 0 Å². The largest absolute Gasteiger partial charge is 0.347 e. The molecule has 2 N–H and O–H groups in total. The molecule has 0 aliphatic carbocycles. The lowest BCUT2D eigenvalue weighted by Crippen LogP contribution is -2.17. The predicted octanol–water partition coefficient (Wildman–Crippen LogP) is 4.50. The fourth-order valence-corrected chi connectivity index (χ4v) is 2.81. The summed E-state index contributed by atoms with van der Waals surface area (Å²) in [5, 5.41) is 1.34. The number of aryl methyl sites for hydroxylation is 1. The SMILES string of the molecule is CCCCCCCn1ccc2ccc(CC(C)N)cc21. The summed E-state index contributed by atoms with van der Waals surface area (Å²) in [4.78, 5) is 0. The minimum atomic E-state index is 0.227. The van der Waals surface area contributed by atoms with E-state index in [2.05, 4.69) is 48.9 Å². The van der Waals surface area contributed by atoms with Crippen molar-refractivity contribution in [1.82, 2.24) is 4.57 Å². The van der Waals surface area contributed by atoms with E-state index in [1.807, 2.05) is 0 Å². The molecular formula is C18H28N2. The van der Waals surface area contributed by atoms with Gasteiger partial charge in [-0.3, -0.25) is 0 Å². The molecule has 0 fully saturated rings. The Balaban J connectivity index is 2.01. The van der Waals surface area contributed by atoms with Crippen LogP contribution in [0.25, 0.3) is 10.9 Å². The first kappa shape index (κ1) is 15.1. The maximum atomic E-state index is 5.90. The predicted molar refractivity (Wildman–Crippen MR) is 88.1 cm³/mol. The van der Waals surface area contributed by atoms with Gasteiger partial charge in [-0.15, -0.1) is 0 Å². The molecule has 1 aromatic heterocycles. The molecule has 1 atom stereocenters. The average Bonchev–Trinajstić information content (AvgIpc) is 2.80. The standard InChI is InChI=1S/C18H28N2/c1-3-4-5-6-7-11-20-12-10-17-9-8-16(13-15(2)19)14-18(17)20/h8-10,12,14-15H,3-7,11,13,19H2,1-2H3. The number of unbranched alkanes of at least 4 members (excludes halogenated alkanes) is 4. The molecule has 0 saturated heterocycles. The van der Waals surface area contributed by atoms with Crippen LogP contribution in [-0.2, 0) is 13.0 Å². The van der Waals surface area contributed by atoms with Gasteiger partial charge in [0.15, 0.2) is 0 Å². The normalized spacial score (nSPS) is 12.9. The van der Waals surface area contributed by atoms with E-state index in [1.165, 1.54) is 48.6 Å². The van der Waals surface area contributed by atoms with Crippen molar-refractivity contribution in [2.45, 2.75) is 65.0 Å². The monoisotopic (exact) mass is 272 g/mol. The quantitative estimate of drug-likeness (QED) is 0.705. The lowest BCUT2D eigenvalue weighted by Gasteiger charge is -2.08.